The van der Waals surface area contributed by atoms with Crippen molar-refractivity contribution in [3.05, 3.63) is 35.4 Å². The van der Waals surface area contributed by atoms with Crippen LogP contribution >= 0.6 is 0 Å². The SMILES string of the molecule is CC(C)(C)C1CCC(N)C(c2ccc(C3CCC3)cc2)C1. The first kappa shape index (κ1) is 15.1. The summed E-state index contributed by atoms with van der Waals surface area (Å²) >= 11 is 0. The van der Waals surface area contributed by atoms with Crippen molar-refractivity contribution in [2.75, 3.05) is 0 Å². The molecule has 0 radical (unpaired) electrons. The van der Waals surface area contributed by atoms with E-state index >= 15 is 0 Å². The van der Waals surface area contributed by atoms with Gasteiger partial charge in [0.15, 0.2) is 0 Å². The Labute approximate surface area is 130 Å². The molecule has 2 aliphatic carbocycles. The van der Waals surface area contributed by atoms with Gasteiger partial charge in [-0.25, -0.2) is 0 Å². The average Bonchev–Trinajstić information content (AvgIpc) is 2.37. The third kappa shape index (κ3) is 3.18. The molecule has 0 amide bonds. The van der Waals surface area contributed by atoms with Gasteiger partial charge < -0.3 is 5.73 Å². The summed E-state index contributed by atoms with van der Waals surface area (Å²) in [4.78, 5) is 0. The van der Waals surface area contributed by atoms with Gasteiger partial charge in [-0.05, 0) is 66.4 Å². The van der Waals surface area contributed by atoms with Gasteiger partial charge in [-0.3, -0.25) is 0 Å². The molecule has 1 heteroatoms. The molecule has 2 N–H and O–H groups in total. The minimum Gasteiger partial charge on any atom is -0.327 e. The molecule has 0 aromatic heterocycles. The number of hydrogen-bond donors (Lipinski definition) is 1. The molecule has 1 aromatic carbocycles. The summed E-state index contributed by atoms with van der Waals surface area (Å²) in [5, 5.41) is 0. The predicted octanol–water partition coefficient (Wildman–Crippen LogP) is 5.21. The van der Waals surface area contributed by atoms with E-state index in [2.05, 4.69) is 45.0 Å². The zero-order valence-corrected chi connectivity index (χ0v) is 13.9. The van der Waals surface area contributed by atoms with Crippen LogP contribution < -0.4 is 5.73 Å². The molecule has 2 aliphatic rings. The quantitative estimate of drug-likeness (QED) is 0.793. The third-order valence-corrected chi connectivity index (χ3v) is 6.07. The van der Waals surface area contributed by atoms with E-state index in [0.29, 0.717) is 17.4 Å². The first-order valence-electron chi connectivity index (χ1n) is 8.80. The minimum absolute atomic E-state index is 0.346. The highest BCUT2D eigenvalue weighted by atomic mass is 14.7. The van der Waals surface area contributed by atoms with Crippen LogP contribution in [0.25, 0.3) is 0 Å². The van der Waals surface area contributed by atoms with E-state index < -0.39 is 0 Å². The van der Waals surface area contributed by atoms with Gasteiger partial charge in [-0.15, -0.1) is 0 Å². The normalized spacial score (nSPS) is 31.0. The number of nitrogens with two attached hydrogens (primary N) is 1. The highest BCUT2D eigenvalue weighted by Gasteiger charge is 2.35. The number of hydrogen-bond acceptors (Lipinski definition) is 1. The standard InChI is InChI=1S/C20H31N/c1-20(2,3)17-11-12-19(21)18(13-17)16-9-7-15(8-10-16)14-5-4-6-14/h7-10,14,17-19H,4-6,11-13,21H2,1-3H3. The highest BCUT2D eigenvalue weighted by molar-refractivity contribution is 5.30. The van der Waals surface area contributed by atoms with Crippen LogP contribution in [0.4, 0.5) is 0 Å². The van der Waals surface area contributed by atoms with Crippen LogP contribution in [0, 0.1) is 11.3 Å². The summed E-state index contributed by atoms with van der Waals surface area (Å²) in [5.74, 6) is 2.19. The molecule has 116 valence electrons. The number of benzene rings is 1. The Hall–Kier alpha value is -0.820. The van der Waals surface area contributed by atoms with Crippen molar-refractivity contribution in [1.82, 2.24) is 0 Å². The van der Waals surface area contributed by atoms with Crippen molar-refractivity contribution in [3.63, 3.8) is 0 Å². The Morgan fingerprint density at radius 2 is 1.52 bits per heavy atom. The Balaban J connectivity index is 1.74. The molecule has 0 spiro atoms. The Kier molecular flexibility index (Phi) is 4.14. The highest BCUT2D eigenvalue weighted by Crippen LogP contribution is 2.44. The molecule has 0 aliphatic heterocycles. The fraction of sp³-hybridized carbons (Fsp3) is 0.700. The van der Waals surface area contributed by atoms with E-state index in [1.807, 2.05) is 0 Å². The van der Waals surface area contributed by atoms with Gasteiger partial charge in [-0.1, -0.05) is 51.5 Å². The van der Waals surface area contributed by atoms with Gasteiger partial charge in [0.2, 0.25) is 0 Å². The van der Waals surface area contributed by atoms with Gasteiger partial charge in [0.1, 0.15) is 0 Å². The van der Waals surface area contributed by atoms with Crippen LogP contribution in [0.5, 0.6) is 0 Å². The lowest BCUT2D eigenvalue weighted by atomic mass is 9.66. The maximum Gasteiger partial charge on any atom is 0.0108 e. The first-order chi connectivity index (χ1) is 9.95. The molecule has 1 nitrogen and oxygen atoms in total. The van der Waals surface area contributed by atoms with Crippen LogP contribution in [0.15, 0.2) is 24.3 Å². The van der Waals surface area contributed by atoms with Crippen molar-refractivity contribution < 1.29 is 0 Å². The summed E-state index contributed by atoms with van der Waals surface area (Å²) in [6.07, 6.45) is 7.90. The molecule has 2 fully saturated rings. The second-order valence-corrected chi connectivity index (χ2v) is 8.44. The van der Waals surface area contributed by atoms with Crippen molar-refractivity contribution in [2.45, 2.75) is 77.2 Å². The van der Waals surface area contributed by atoms with Gasteiger partial charge in [0.05, 0.1) is 0 Å². The van der Waals surface area contributed by atoms with E-state index in [1.54, 1.807) is 5.56 Å². The molecule has 3 rings (SSSR count). The van der Waals surface area contributed by atoms with Crippen LogP contribution in [-0.2, 0) is 0 Å². The van der Waals surface area contributed by atoms with Crippen molar-refractivity contribution in [3.8, 4) is 0 Å². The average molecular weight is 285 g/mol. The summed E-state index contributed by atoms with van der Waals surface area (Å²) in [7, 11) is 0. The van der Waals surface area contributed by atoms with Crippen LogP contribution in [0.2, 0.25) is 0 Å². The fourth-order valence-corrected chi connectivity index (χ4v) is 4.12. The number of rotatable bonds is 2. The predicted molar refractivity (Wildman–Crippen MR) is 90.5 cm³/mol. The minimum atomic E-state index is 0.346. The Morgan fingerprint density at radius 1 is 0.905 bits per heavy atom. The molecule has 21 heavy (non-hydrogen) atoms. The van der Waals surface area contributed by atoms with Gasteiger partial charge in [0, 0.05) is 6.04 Å². The lowest BCUT2D eigenvalue weighted by Gasteiger charge is -2.41. The van der Waals surface area contributed by atoms with E-state index in [1.165, 1.54) is 44.1 Å². The van der Waals surface area contributed by atoms with E-state index in [9.17, 15) is 0 Å². The monoisotopic (exact) mass is 285 g/mol. The second kappa shape index (κ2) is 5.76. The summed E-state index contributed by atoms with van der Waals surface area (Å²) in [6.45, 7) is 7.14. The topological polar surface area (TPSA) is 26.0 Å². The molecule has 0 heterocycles. The third-order valence-electron chi connectivity index (χ3n) is 6.07. The van der Waals surface area contributed by atoms with Crippen molar-refractivity contribution in [1.29, 1.82) is 0 Å². The largest absolute Gasteiger partial charge is 0.327 e. The van der Waals surface area contributed by atoms with Crippen molar-refractivity contribution in [2.24, 2.45) is 17.1 Å². The molecule has 1 aromatic rings. The lowest BCUT2D eigenvalue weighted by molar-refractivity contribution is 0.154. The summed E-state index contributed by atoms with van der Waals surface area (Å²) < 4.78 is 0. The Bertz CT molecular complexity index is 464. The van der Waals surface area contributed by atoms with Crippen LogP contribution in [0.3, 0.4) is 0 Å². The molecule has 3 atom stereocenters. The zero-order chi connectivity index (χ0) is 15.0. The molecule has 0 saturated heterocycles. The van der Waals surface area contributed by atoms with Gasteiger partial charge in [-0.2, -0.15) is 0 Å². The molecule has 3 unspecified atom stereocenters. The maximum atomic E-state index is 6.45. The lowest BCUT2D eigenvalue weighted by Crippen LogP contribution is -2.38. The molecular formula is C20H31N. The first-order valence-corrected chi connectivity index (χ1v) is 8.80. The zero-order valence-electron chi connectivity index (χ0n) is 13.9. The van der Waals surface area contributed by atoms with Crippen molar-refractivity contribution >= 4 is 0 Å². The molecular weight excluding hydrogens is 254 g/mol. The molecule has 2 saturated carbocycles. The fourth-order valence-electron chi connectivity index (χ4n) is 4.12. The summed E-state index contributed by atoms with van der Waals surface area (Å²) in [5.41, 5.74) is 9.87. The summed E-state index contributed by atoms with van der Waals surface area (Å²) in [6, 6.07) is 9.81. The Morgan fingerprint density at radius 3 is 2.05 bits per heavy atom. The second-order valence-electron chi connectivity index (χ2n) is 8.44. The van der Waals surface area contributed by atoms with Crippen LogP contribution in [-0.4, -0.2) is 6.04 Å². The smallest absolute Gasteiger partial charge is 0.0108 e. The van der Waals surface area contributed by atoms with E-state index in [0.717, 1.165) is 11.8 Å². The van der Waals surface area contributed by atoms with Crippen LogP contribution in [0.1, 0.15) is 82.3 Å². The van der Waals surface area contributed by atoms with E-state index in [-0.39, 0.29) is 0 Å². The maximum absolute atomic E-state index is 6.45. The van der Waals surface area contributed by atoms with E-state index in [4.69, 9.17) is 5.73 Å². The van der Waals surface area contributed by atoms with Gasteiger partial charge >= 0.3 is 0 Å². The molecule has 0 bridgehead atoms. The van der Waals surface area contributed by atoms with Gasteiger partial charge in [0.25, 0.3) is 0 Å².